The van der Waals surface area contributed by atoms with E-state index in [4.69, 9.17) is 24.2 Å². The summed E-state index contributed by atoms with van der Waals surface area (Å²) >= 11 is 0. The Kier molecular flexibility index (Phi) is 28.6. The number of hydrogen-bond acceptors (Lipinski definition) is 15. The van der Waals surface area contributed by atoms with Gasteiger partial charge >= 0.3 is 11.9 Å². The molecule has 4 amide bonds. The third-order valence-electron chi connectivity index (χ3n) is 15.2. The molecule has 2 aromatic carbocycles. The number of hydrazine groups is 2. The van der Waals surface area contributed by atoms with E-state index in [0.29, 0.717) is 52.0 Å². The first-order chi connectivity index (χ1) is 42.7. The van der Waals surface area contributed by atoms with E-state index in [1.807, 2.05) is 182 Å². The van der Waals surface area contributed by atoms with Crippen LogP contribution in [-0.4, -0.2) is 148 Å². The largest absolute Gasteiger partial charge is 0.480 e. The molecule has 3 unspecified atom stereocenters. The number of carboxylic acid groups (broad SMARTS) is 1. The number of carbonyl (C=O) groups is 6. The van der Waals surface area contributed by atoms with Gasteiger partial charge in [-0.05, 0) is 154 Å². The van der Waals surface area contributed by atoms with Crippen molar-refractivity contribution in [2.24, 2.45) is 23.7 Å². The number of benzene rings is 2. The summed E-state index contributed by atoms with van der Waals surface area (Å²) in [6, 6.07) is 16.6. The fraction of sp³-hybridized carbons (Fsp3) is 0.582. The highest BCUT2D eigenvalue weighted by Crippen LogP contribution is 2.24. The third kappa shape index (κ3) is 23.0. The van der Waals surface area contributed by atoms with Gasteiger partial charge in [-0.25, -0.2) is 28.7 Å². The summed E-state index contributed by atoms with van der Waals surface area (Å²) in [7, 11) is -1.11. The Hall–Kier alpha value is -6.38. The molecule has 2 aliphatic rings. The van der Waals surface area contributed by atoms with Crippen LogP contribution in [0.15, 0.2) is 72.8 Å². The Bertz CT molecular complexity index is 3260. The van der Waals surface area contributed by atoms with Crippen LogP contribution in [0.3, 0.4) is 0 Å². The van der Waals surface area contributed by atoms with Crippen molar-refractivity contribution >= 4 is 91.5 Å². The number of hydrogen-bond donors (Lipinski definition) is 7. The van der Waals surface area contributed by atoms with E-state index < -0.39 is 76.2 Å². The maximum Gasteiger partial charge on any atom is 0.324 e. The SMILES string of the molecule is CC(/C=C/c1ccc2ccc([C@@H](C)N[S@@](=O)C(C)(C)C)nc2c1)CO[C@H](C(=O)N[C@@H](C)C(=O)N1CCC[C@@H](C(=O)O)N1)C(C)C.COC(=O)[C@@H]1CCCN(C(=O)[C@H](C)NC(=O)[C@@H](OCC(C)/C=C/c2ccc3ccc([C@@H](C)NS(=O)C(C)(C)C)nc3c2)C(C)C)N1. The number of rotatable bonds is 26. The first-order valence-electron chi connectivity index (χ1n) is 31.5. The molecule has 0 aliphatic carbocycles. The number of fused-ring (bicyclic) bond motifs is 2. The first kappa shape index (κ1) is 75.3. The molecule has 7 N–H and O–H groups in total. The lowest BCUT2D eigenvalue weighted by atomic mass is 10.0. The van der Waals surface area contributed by atoms with Gasteiger partial charge in [-0.2, -0.15) is 0 Å². The van der Waals surface area contributed by atoms with Crippen LogP contribution in [0.4, 0.5) is 0 Å². The lowest BCUT2D eigenvalue weighted by Crippen LogP contribution is -2.60. The van der Waals surface area contributed by atoms with Crippen LogP contribution in [0.2, 0.25) is 0 Å². The van der Waals surface area contributed by atoms with Gasteiger partial charge in [-0.1, -0.05) is 102 Å². The van der Waals surface area contributed by atoms with E-state index in [-0.39, 0.29) is 63.0 Å². The number of nitrogens with one attached hydrogen (secondary N) is 6. The molecular weight excluding hydrogens is 1200 g/mol. The molecule has 0 saturated carbocycles. The number of esters is 1. The van der Waals surface area contributed by atoms with Gasteiger partial charge in [0.05, 0.1) is 86.3 Å². The molecule has 4 heterocycles. The predicted molar refractivity (Wildman–Crippen MR) is 359 cm³/mol. The number of carboxylic acids is 1. The van der Waals surface area contributed by atoms with Gasteiger partial charge in [0.15, 0.2) is 0 Å². The van der Waals surface area contributed by atoms with Gasteiger partial charge in [-0.3, -0.25) is 48.8 Å². The first-order valence-corrected chi connectivity index (χ1v) is 33.8. The molecule has 4 aromatic rings. The molecule has 91 heavy (non-hydrogen) atoms. The van der Waals surface area contributed by atoms with Gasteiger partial charge < -0.3 is 30.0 Å². The molecule has 0 bridgehead atoms. The van der Waals surface area contributed by atoms with Crippen molar-refractivity contribution in [2.75, 3.05) is 33.4 Å². The van der Waals surface area contributed by atoms with Gasteiger partial charge in [0.2, 0.25) is 11.8 Å². The van der Waals surface area contributed by atoms with E-state index in [1.165, 1.54) is 17.1 Å². The Balaban J connectivity index is 0.000000331. The Morgan fingerprint density at radius 3 is 1.34 bits per heavy atom. The number of pyridine rings is 2. The molecule has 24 heteroatoms. The molecular formula is C67H100N10O12S2. The Labute approximate surface area is 543 Å². The Morgan fingerprint density at radius 1 is 0.604 bits per heavy atom. The highest BCUT2D eigenvalue weighted by atomic mass is 32.2. The van der Waals surface area contributed by atoms with Crippen molar-refractivity contribution < 1.29 is 56.5 Å². The second-order valence-corrected chi connectivity index (χ2v) is 30.4. The molecule has 22 nitrogen and oxygen atoms in total. The fourth-order valence-corrected chi connectivity index (χ4v) is 11.3. The van der Waals surface area contributed by atoms with E-state index in [2.05, 4.69) is 30.9 Å². The summed E-state index contributed by atoms with van der Waals surface area (Å²) in [6.07, 6.45) is 8.78. The monoisotopic (exact) mass is 1300 g/mol. The molecule has 0 spiro atoms. The number of aromatic nitrogens is 2. The summed E-state index contributed by atoms with van der Waals surface area (Å²) < 4.78 is 47.5. The summed E-state index contributed by atoms with van der Waals surface area (Å²) in [5.74, 6) is -3.16. The van der Waals surface area contributed by atoms with E-state index in [1.54, 1.807) is 13.8 Å². The van der Waals surface area contributed by atoms with Crippen molar-refractivity contribution in [3.63, 3.8) is 0 Å². The number of aliphatic carboxylic acids is 1. The number of methoxy groups -OCH3 is 1. The highest BCUT2D eigenvalue weighted by Gasteiger charge is 2.35. The molecule has 2 fully saturated rings. The second kappa shape index (κ2) is 34.5. The standard InChI is InChI=1S/C34H51N5O6S.C33H49N5O6S/c1-21(2)30(31(40)35-24(5)32(41)39-18-10-11-28(37-39)33(42)44-9)45-20-22(3)12-13-25-14-15-26-16-17-27(36-29(26)19-25)23(4)38-46(43)34(6,7)8;1-20(2)29(30(39)34-23(5)31(40)38-17-9-10-27(36-38)32(41)42)44-19-21(3)11-12-24-13-14-25-15-16-26(35-28(25)18-24)22(4)37-45(43)33(6,7)8/h12-17,19,21-24,28,30,37-38H,10-11,18,20H2,1-9H3,(H,35,40);11-16,18,20-23,27,29,36-37H,9-10,17,19H2,1-8H3,(H,34,39)(H,41,42)/b13-12+;12-11+/t22?,23-,24+,28+,30+,46?;21?,22-,23+,27+,29+,45+/m11/s1. The topological polar surface area (TPSA) is 289 Å². The minimum Gasteiger partial charge on any atom is -0.480 e. The van der Waals surface area contributed by atoms with Crippen LogP contribution < -0.4 is 30.9 Å². The van der Waals surface area contributed by atoms with E-state index >= 15 is 0 Å². The normalized spacial score (nSPS) is 19.2. The lowest BCUT2D eigenvalue weighted by molar-refractivity contribution is -0.152. The zero-order valence-electron chi connectivity index (χ0n) is 56.2. The van der Waals surface area contributed by atoms with Crippen LogP contribution in [0.1, 0.15) is 171 Å². The quantitative estimate of drug-likeness (QED) is 0.0291. The average molecular weight is 1300 g/mol. The average Bonchev–Trinajstić information content (AvgIpc) is 2.39. The van der Waals surface area contributed by atoms with Crippen LogP contribution in [0.25, 0.3) is 34.0 Å². The Morgan fingerprint density at radius 2 is 0.978 bits per heavy atom. The molecule has 0 radical (unpaired) electrons. The maximum atomic E-state index is 13.2. The highest BCUT2D eigenvalue weighted by molar-refractivity contribution is 7.84. The fourth-order valence-electron chi connectivity index (χ4n) is 9.66. The van der Waals surface area contributed by atoms with E-state index in [0.717, 1.165) is 44.3 Å². The zero-order valence-corrected chi connectivity index (χ0v) is 57.8. The van der Waals surface area contributed by atoms with Crippen molar-refractivity contribution in [3.8, 4) is 0 Å². The molecule has 2 aliphatic heterocycles. The predicted octanol–water partition coefficient (Wildman–Crippen LogP) is 8.33. The van der Waals surface area contributed by atoms with Gasteiger partial charge in [0, 0.05) is 23.9 Å². The van der Waals surface area contributed by atoms with Gasteiger partial charge in [-0.15, -0.1) is 0 Å². The summed E-state index contributed by atoms with van der Waals surface area (Å²) in [5.41, 5.74) is 10.9. The van der Waals surface area contributed by atoms with Crippen LogP contribution in [0, 0.1) is 23.7 Å². The van der Waals surface area contributed by atoms with E-state index in [9.17, 15) is 42.3 Å². The summed E-state index contributed by atoms with van der Waals surface area (Å²) in [5, 5.41) is 19.5. The number of ether oxygens (including phenoxy) is 3. The smallest absolute Gasteiger partial charge is 0.324 e. The minimum absolute atomic E-state index is 0.00445. The molecule has 2 saturated heterocycles. The lowest BCUT2D eigenvalue weighted by Gasteiger charge is -2.34. The van der Waals surface area contributed by atoms with Gasteiger partial charge in [0.25, 0.3) is 11.8 Å². The van der Waals surface area contributed by atoms with Crippen LogP contribution in [-0.2, 0) is 64.9 Å². The van der Waals surface area contributed by atoms with Crippen molar-refractivity contribution in [1.82, 2.24) is 50.9 Å². The van der Waals surface area contributed by atoms with Crippen molar-refractivity contribution in [3.05, 3.63) is 95.3 Å². The maximum absolute atomic E-state index is 13.2. The summed E-state index contributed by atoms with van der Waals surface area (Å²) in [6.45, 7) is 31.7. The second-order valence-electron chi connectivity index (χ2n) is 26.4. The number of nitrogens with zero attached hydrogens (tertiary/aromatic N) is 4. The molecule has 6 rings (SSSR count). The van der Waals surface area contributed by atoms with Crippen molar-refractivity contribution in [2.45, 2.75) is 194 Å². The third-order valence-corrected chi connectivity index (χ3v) is 18.6. The molecule has 2 aromatic heterocycles. The number of carbonyl (C=O) groups excluding carboxylic acids is 5. The van der Waals surface area contributed by atoms with Crippen molar-refractivity contribution in [1.29, 1.82) is 0 Å². The molecule has 12 atom stereocenters. The van der Waals surface area contributed by atoms with Gasteiger partial charge in [0.1, 0.15) is 36.4 Å². The zero-order chi connectivity index (χ0) is 67.7. The number of amides is 4. The summed E-state index contributed by atoms with van der Waals surface area (Å²) in [4.78, 5) is 85.0. The van der Waals surface area contributed by atoms with Crippen LogP contribution in [0.5, 0.6) is 0 Å². The minimum atomic E-state index is -1.21. The molecule has 502 valence electrons. The van der Waals surface area contributed by atoms with Crippen LogP contribution >= 0.6 is 0 Å².